The van der Waals surface area contributed by atoms with Crippen molar-refractivity contribution in [3.63, 3.8) is 0 Å². The summed E-state index contributed by atoms with van der Waals surface area (Å²) in [5.74, 6) is 0.747. The van der Waals surface area contributed by atoms with Gasteiger partial charge in [-0.15, -0.1) is 0 Å². The standard InChI is InChI=1S/C30H36N2O7/c1-4-5-10-26(34)32(15-13-19-17-20(37-2)11-12-24(19)38-3)23-18-22(30(36)31-14-16-33)27-21-8-6-7-9-25(21)39-29(27)28(23)35/h5-12,17-18,23,27-29,33,35H,4,13-16H2,1-3H3,(H,31,36). The van der Waals surface area contributed by atoms with E-state index in [2.05, 4.69) is 5.32 Å². The Hall–Kier alpha value is -3.82. The maximum atomic E-state index is 13.5. The molecule has 1 aliphatic carbocycles. The number of carbonyl (C=O) groups excluding carboxylic acids is 2. The van der Waals surface area contributed by atoms with Gasteiger partial charge in [-0.2, -0.15) is 0 Å². The number of fused-ring (bicyclic) bond motifs is 3. The van der Waals surface area contributed by atoms with E-state index in [1.54, 1.807) is 43.4 Å². The molecule has 9 nitrogen and oxygen atoms in total. The number of aliphatic hydroxyl groups is 2. The van der Waals surface area contributed by atoms with Crippen LogP contribution < -0.4 is 19.5 Å². The van der Waals surface area contributed by atoms with Gasteiger partial charge in [-0.05, 0) is 54.8 Å². The maximum absolute atomic E-state index is 13.5. The molecule has 2 amide bonds. The second-order valence-corrected chi connectivity index (χ2v) is 9.45. The highest BCUT2D eigenvalue weighted by Gasteiger charge is 2.50. The molecule has 2 aromatic carbocycles. The molecule has 4 atom stereocenters. The van der Waals surface area contributed by atoms with Gasteiger partial charge in [0.05, 0.1) is 32.8 Å². The predicted molar refractivity (Wildman–Crippen MR) is 146 cm³/mol. The van der Waals surface area contributed by atoms with E-state index in [0.717, 1.165) is 11.1 Å². The second kappa shape index (κ2) is 12.8. The lowest BCUT2D eigenvalue weighted by Crippen LogP contribution is -2.56. The fourth-order valence-corrected chi connectivity index (χ4v) is 5.23. The Morgan fingerprint density at radius 3 is 2.67 bits per heavy atom. The molecule has 0 bridgehead atoms. The number of hydrogen-bond donors (Lipinski definition) is 3. The van der Waals surface area contributed by atoms with Crippen molar-refractivity contribution in [1.82, 2.24) is 10.2 Å². The number of amides is 2. The summed E-state index contributed by atoms with van der Waals surface area (Å²) in [4.78, 5) is 28.3. The van der Waals surface area contributed by atoms with Crippen LogP contribution in [0.3, 0.4) is 0 Å². The van der Waals surface area contributed by atoms with E-state index in [1.165, 1.54) is 6.08 Å². The highest BCUT2D eigenvalue weighted by atomic mass is 16.5. The van der Waals surface area contributed by atoms with Gasteiger partial charge < -0.3 is 34.6 Å². The summed E-state index contributed by atoms with van der Waals surface area (Å²) >= 11 is 0. The molecule has 39 heavy (non-hydrogen) atoms. The molecule has 0 fully saturated rings. The fraction of sp³-hybridized carbons (Fsp3) is 0.400. The molecule has 4 rings (SSSR count). The highest BCUT2D eigenvalue weighted by Crippen LogP contribution is 2.47. The van der Waals surface area contributed by atoms with Crippen LogP contribution in [0.25, 0.3) is 0 Å². The number of hydrogen-bond acceptors (Lipinski definition) is 7. The van der Waals surface area contributed by atoms with Gasteiger partial charge in [-0.25, -0.2) is 0 Å². The first-order valence-electron chi connectivity index (χ1n) is 13.2. The lowest BCUT2D eigenvalue weighted by atomic mass is 9.77. The molecule has 0 saturated carbocycles. The van der Waals surface area contributed by atoms with E-state index in [9.17, 15) is 19.8 Å². The SMILES string of the molecule is CCC=CC(=O)N(CCc1cc(OC)ccc1OC)C1C=C(C(=O)NCCO)C2c3ccccc3OC2C1O. The summed E-state index contributed by atoms with van der Waals surface area (Å²) < 4.78 is 17.1. The molecule has 0 radical (unpaired) electrons. The Bertz CT molecular complexity index is 1240. The summed E-state index contributed by atoms with van der Waals surface area (Å²) in [6, 6.07) is 12.0. The van der Waals surface area contributed by atoms with Crippen LogP contribution in [0.1, 0.15) is 30.4 Å². The number of ether oxygens (including phenoxy) is 3. The van der Waals surface area contributed by atoms with Gasteiger partial charge in [0.1, 0.15) is 29.5 Å². The smallest absolute Gasteiger partial charge is 0.247 e. The average molecular weight is 537 g/mol. The molecule has 0 spiro atoms. The number of aliphatic hydroxyl groups excluding tert-OH is 2. The van der Waals surface area contributed by atoms with Crippen molar-refractivity contribution in [2.75, 3.05) is 33.9 Å². The predicted octanol–water partition coefficient (Wildman–Crippen LogP) is 2.36. The Labute approximate surface area is 228 Å². The number of allylic oxidation sites excluding steroid dienone is 1. The molecule has 2 aromatic rings. The molecule has 2 aliphatic rings. The molecule has 1 aliphatic heterocycles. The highest BCUT2D eigenvalue weighted by molar-refractivity contribution is 5.96. The van der Waals surface area contributed by atoms with Crippen LogP contribution in [0.4, 0.5) is 0 Å². The number of carbonyl (C=O) groups is 2. The zero-order valence-electron chi connectivity index (χ0n) is 22.5. The molecule has 208 valence electrons. The van der Waals surface area contributed by atoms with Crippen LogP contribution in [0.15, 0.2) is 66.3 Å². The summed E-state index contributed by atoms with van der Waals surface area (Å²) in [6.07, 6.45) is 4.16. The summed E-state index contributed by atoms with van der Waals surface area (Å²) in [5.41, 5.74) is 2.03. The van der Waals surface area contributed by atoms with Crippen molar-refractivity contribution in [3.05, 3.63) is 77.4 Å². The Morgan fingerprint density at radius 2 is 1.95 bits per heavy atom. The first kappa shape index (κ1) is 28.2. The third-order valence-electron chi connectivity index (χ3n) is 7.13. The fourth-order valence-electron chi connectivity index (χ4n) is 5.23. The van der Waals surface area contributed by atoms with Crippen LogP contribution in [-0.2, 0) is 16.0 Å². The van der Waals surface area contributed by atoms with E-state index in [-0.39, 0.29) is 31.5 Å². The van der Waals surface area contributed by atoms with Gasteiger partial charge in [-0.3, -0.25) is 9.59 Å². The molecule has 1 heterocycles. The van der Waals surface area contributed by atoms with Gasteiger partial charge in [0.25, 0.3) is 0 Å². The monoisotopic (exact) mass is 536 g/mol. The molecule has 0 saturated heterocycles. The third-order valence-corrected chi connectivity index (χ3v) is 7.13. The minimum Gasteiger partial charge on any atom is -0.497 e. The van der Waals surface area contributed by atoms with Gasteiger partial charge in [0.2, 0.25) is 11.8 Å². The Morgan fingerprint density at radius 1 is 1.15 bits per heavy atom. The number of methoxy groups -OCH3 is 2. The van der Waals surface area contributed by atoms with Crippen LogP contribution in [0.2, 0.25) is 0 Å². The zero-order chi connectivity index (χ0) is 27.9. The number of para-hydroxylation sites is 1. The Kier molecular flexibility index (Phi) is 9.27. The topological polar surface area (TPSA) is 118 Å². The second-order valence-electron chi connectivity index (χ2n) is 9.45. The molecule has 4 unspecified atom stereocenters. The van der Waals surface area contributed by atoms with Crippen molar-refractivity contribution in [1.29, 1.82) is 0 Å². The number of nitrogens with zero attached hydrogens (tertiary/aromatic N) is 1. The summed E-state index contributed by atoms with van der Waals surface area (Å²) in [7, 11) is 3.16. The van der Waals surface area contributed by atoms with Crippen molar-refractivity contribution in [2.45, 2.75) is 43.9 Å². The van der Waals surface area contributed by atoms with Crippen LogP contribution >= 0.6 is 0 Å². The minimum absolute atomic E-state index is 0.0841. The van der Waals surface area contributed by atoms with Crippen LogP contribution in [0, 0.1) is 0 Å². The van der Waals surface area contributed by atoms with Crippen LogP contribution in [-0.4, -0.2) is 79.1 Å². The normalized spacial score (nSPS) is 21.4. The van der Waals surface area contributed by atoms with Gasteiger partial charge in [0, 0.05) is 24.2 Å². The zero-order valence-corrected chi connectivity index (χ0v) is 22.5. The maximum Gasteiger partial charge on any atom is 0.247 e. The van der Waals surface area contributed by atoms with Crippen molar-refractivity contribution >= 4 is 11.8 Å². The van der Waals surface area contributed by atoms with Crippen molar-refractivity contribution in [3.8, 4) is 17.2 Å². The van der Waals surface area contributed by atoms with Gasteiger partial charge in [0.15, 0.2) is 0 Å². The van der Waals surface area contributed by atoms with Gasteiger partial charge in [-0.1, -0.05) is 31.2 Å². The van der Waals surface area contributed by atoms with Crippen molar-refractivity contribution < 1.29 is 34.0 Å². The molecule has 3 N–H and O–H groups in total. The quantitative estimate of drug-likeness (QED) is 0.378. The van der Waals surface area contributed by atoms with E-state index < -0.39 is 24.2 Å². The van der Waals surface area contributed by atoms with Crippen LogP contribution in [0.5, 0.6) is 17.2 Å². The lowest BCUT2D eigenvalue weighted by Gasteiger charge is -2.40. The van der Waals surface area contributed by atoms with Crippen molar-refractivity contribution in [2.24, 2.45) is 0 Å². The van der Waals surface area contributed by atoms with Gasteiger partial charge >= 0.3 is 0 Å². The summed E-state index contributed by atoms with van der Waals surface area (Å²) in [6.45, 7) is 2.05. The molecular weight excluding hydrogens is 500 g/mol. The number of rotatable bonds is 11. The minimum atomic E-state index is -1.09. The number of nitrogens with one attached hydrogen (secondary N) is 1. The van der Waals surface area contributed by atoms with E-state index in [4.69, 9.17) is 14.2 Å². The van der Waals surface area contributed by atoms with E-state index in [1.807, 2.05) is 37.3 Å². The lowest BCUT2D eigenvalue weighted by molar-refractivity contribution is -0.132. The third kappa shape index (κ3) is 5.94. The Balaban J connectivity index is 1.72. The first-order chi connectivity index (χ1) is 18.9. The first-order valence-corrected chi connectivity index (χ1v) is 13.2. The molecule has 0 aromatic heterocycles. The van der Waals surface area contributed by atoms with E-state index >= 15 is 0 Å². The molecular formula is C30H36N2O7. The average Bonchev–Trinajstić information content (AvgIpc) is 3.36. The summed E-state index contributed by atoms with van der Waals surface area (Å²) in [5, 5.41) is 23.6. The van der Waals surface area contributed by atoms with E-state index in [0.29, 0.717) is 35.7 Å². The number of benzene rings is 2. The molecule has 9 heteroatoms. The largest absolute Gasteiger partial charge is 0.497 e.